The Morgan fingerprint density at radius 3 is 2.33 bits per heavy atom. The zero-order valence-corrected chi connectivity index (χ0v) is 17.3. The number of nitrogens with zero attached hydrogens (tertiary/aromatic N) is 2. The lowest BCUT2D eigenvalue weighted by Gasteiger charge is -2.31. The number of hydrogen-bond donors (Lipinski definition) is 0. The number of Topliss-reactive ketones (excluding diaryl/α,β-unsaturated/α-hetero) is 1. The summed E-state index contributed by atoms with van der Waals surface area (Å²) in [5, 5.41) is 1.20. The number of unbranched alkanes of at least 4 members (excludes halogenated alkanes) is 4. The van der Waals surface area contributed by atoms with Crippen LogP contribution in [0, 0.1) is 5.92 Å². The van der Waals surface area contributed by atoms with Crippen molar-refractivity contribution in [2.75, 3.05) is 19.6 Å². The van der Waals surface area contributed by atoms with Gasteiger partial charge in [-0.25, -0.2) is 0 Å². The molecule has 3 heteroatoms. The molecule has 1 aromatic carbocycles. The molecule has 1 saturated heterocycles. The van der Waals surface area contributed by atoms with Crippen molar-refractivity contribution in [1.29, 1.82) is 0 Å². The molecule has 0 saturated carbocycles. The third kappa shape index (κ3) is 5.01. The zero-order valence-electron chi connectivity index (χ0n) is 17.3. The molecule has 2 heterocycles. The van der Waals surface area contributed by atoms with E-state index in [2.05, 4.69) is 53.6 Å². The summed E-state index contributed by atoms with van der Waals surface area (Å²) in [4.78, 5) is 15.9. The lowest BCUT2D eigenvalue weighted by molar-refractivity contribution is 0.0829. The fourth-order valence-corrected chi connectivity index (χ4v) is 4.39. The van der Waals surface area contributed by atoms with Crippen LogP contribution in [0.25, 0.3) is 10.9 Å². The number of fused-ring (bicyclic) bond motifs is 1. The number of carbonyl (C=O) groups excluding carboxylic acids is 1. The summed E-state index contributed by atoms with van der Waals surface area (Å²) >= 11 is 0. The predicted molar refractivity (Wildman–Crippen MR) is 114 cm³/mol. The molecule has 0 radical (unpaired) electrons. The van der Waals surface area contributed by atoms with Gasteiger partial charge in [0.05, 0.1) is 5.69 Å². The Morgan fingerprint density at radius 1 is 0.963 bits per heavy atom. The smallest absolute Gasteiger partial charge is 0.182 e. The Bertz CT molecular complexity index is 725. The van der Waals surface area contributed by atoms with Crippen molar-refractivity contribution in [3.8, 4) is 0 Å². The van der Waals surface area contributed by atoms with Gasteiger partial charge in [-0.3, -0.25) is 4.79 Å². The van der Waals surface area contributed by atoms with Crippen LogP contribution < -0.4 is 0 Å². The Kier molecular flexibility index (Phi) is 7.51. The van der Waals surface area contributed by atoms with E-state index in [1.807, 2.05) is 0 Å². The molecule has 0 unspecified atom stereocenters. The highest BCUT2D eigenvalue weighted by atomic mass is 16.1. The molecular formula is C24H36N2O. The summed E-state index contributed by atoms with van der Waals surface area (Å²) in [6, 6.07) is 10.6. The van der Waals surface area contributed by atoms with Crippen LogP contribution in [0.4, 0.5) is 0 Å². The van der Waals surface area contributed by atoms with E-state index in [1.165, 1.54) is 49.6 Å². The lowest BCUT2D eigenvalue weighted by Crippen LogP contribution is -2.37. The molecule has 0 amide bonds. The van der Waals surface area contributed by atoms with Crippen molar-refractivity contribution in [1.82, 2.24) is 9.47 Å². The van der Waals surface area contributed by atoms with Crippen molar-refractivity contribution in [3.05, 3.63) is 36.0 Å². The van der Waals surface area contributed by atoms with Gasteiger partial charge < -0.3 is 9.47 Å². The molecule has 148 valence electrons. The molecule has 1 aliphatic rings. The molecule has 3 nitrogen and oxygen atoms in total. The van der Waals surface area contributed by atoms with E-state index in [0.29, 0.717) is 5.78 Å². The highest BCUT2D eigenvalue weighted by molar-refractivity contribution is 6.01. The molecule has 2 aromatic rings. The average Bonchev–Trinajstić information content (AvgIpc) is 3.07. The summed E-state index contributed by atoms with van der Waals surface area (Å²) in [5.41, 5.74) is 2.16. The standard InChI is InChI=1S/C24H36N2O/c1-3-5-9-15-25-17-13-20(14-18-25)24(27)23-19-21-11-7-8-12-22(21)26(23)16-10-6-4-2/h7-8,11-12,19-20H,3-6,9-10,13-18H2,1-2H3. The predicted octanol–water partition coefficient (Wildman–Crippen LogP) is 5.92. The number of rotatable bonds is 10. The van der Waals surface area contributed by atoms with Gasteiger partial charge in [0.15, 0.2) is 5.78 Å². The van der Waals surface area contributed by atoms with Gasteiger partial charge >= 0.3 is 0 Å². The van der Waals surface area contributed by atoms with E-state index < -0.39 is 0 Å². The number of para-hydroxylation sites is 1. The molecule has 27 heavy (non-hydrogen) atoms. The normalized spacial score (nSPS) is 16.2. The first-order chi connectivity index (χ1) is 13.2. The fourth-order valence-electron chi connectivity index (χ4n) is 4.39. The maximum atomic E-state index is 13.4. The second-order valence-corrected chi connectivity index (χ2v) is 8.13. The number of likely N-dealkylation sites (tertiary alicyclic amines) is 1. The molecule has 1 fully saturated rings. The van der Waals surface area contributed by atoms with Crippen molar-refractivity contribution < 1.29 is 4.79 Å². The molecule has 3 rings (SSSR count). The number of aryl methyl sites for hydroxylation is 1. The molecule has 1 aromatic heterocycles. The Labute approximate surface area is 164 Å². The first kappa shape index (κ1) is 20.1. The number of carbonyl (C=O) groups is 1. The molecule has 0 spiro atoms. The summed E-state index contributed by atoms with van der Waals surface area (Å²) in [7, 11) is 0. The third-order valence-electron chi connectivity index (χ3n) is 6.08. The van der Waals surface area contributed by atoms with Crippen LogP contribution in [0.1, 0.15) is 75.7 Å². The molecular weight excluding hydrogens is 332 g/mol. The van der Waals surface area contributed by atoms with E-state index in [1.54, 1.807) is 0 Å². The first-order valence-electron chi connectivity index (χ1n) is 11.1. The Hall–Kier alpha value is -1.61. The SMILES string of the molecule is CCCCCN1CCC(C(=O)c2cc3ccccc3n2CCCCC)CC1. The monoisotopic (exact) mass is 368 g/mol. The highest BCUT2D eigenvalue weighted by Crippen LogP contribution is 2.27. The van der Waals surface area contributed by atoms with Crippen LogP contribution in [0.2, 0.25) is 0 Å². The molecule has 1 aliphatic heterocycles. The minimum absolute atomic E-state index is 0.196. The lowest BCUT2D eigenvalue weighted by atomic mass is 9.90. The first-order valence-corrected chi connectivity index (χ1v) is 11.1. The van der Waals surface area contributed by atoms with Crippen LogP contribution >= 0.6 is 0 Å². The van der Waals surface area contributed by atoms with Crippen molar-refractivity contribution in [3.63, 3.8) is 0 Å². The quantitative estimate of drug-likeness (QED) is 0.384. The van der Waals surface area contributed by atoms with Crippen LogP contribution in [0.15, 0.2) is 30.3 Å². The minimum Gasteiger partial charge on any atom is -0.338 e. The number of aromatic nitrogens is 1. The number of hydrogen-bond acceptors (Lipinski definition) is 2. The van der Waals surface area contributed by atoms with Gasteiger partial charge in [-0.05, 0) is 57.5 Å². The maximum Gasteiger partial charge on any atom is 0.182 e. The molecule has 0 atom stereocenters. The summed E-state index contributed by atoms with van der Waals surface area (Å²) < 4.78 is 2.29. The van der Waals surface area contributed by atoms with Gasteiger partial charge in [-0.15, -0.1) is 0 Å². The molecule has 0 N–H and O–H groups in total. The maximum absolute atomic E-state index is 13.4. The van der Waals surface area contributed by atoms with E-state index in [-0.39, 0.29) is 5.92 Å². The number of piperidine rings is 1. The third-order valence-corrected chi connectivity index (χ3v) is 6.08. The number of ketones is 1. The van der Waals surface area contributed by atoms with E-state index in [4.69, 9.17) is 0 Å². The van der Waals surface area contributed by atoms with Gasteiger partial charge in [0.1, 0.15) is 0 Å². The molecule has 0 bridgehead atoms. The average molecular weight is 369 g/mol. The second kappa shape index (κ2) is 10.1. The minimum atomic E-state index is 0.196. The van der Waals surface area contributed by atoms with Gasteiger partial charge in [-0.1, -0.05) is 57.7 Å². The van der Waals surface area contributed by atoms with Crippen LogP contribution in [-0.2, 0) is 6.54 Å². The van der Waals surface area contributed by atoms with E-state index in [0.717, 1.165) is 44.6 Å². The summed E-state index contributed by atoms with van der Waals surface area (Å²) in [6.07, 6.45) is 9.48. The zero-order chi connectivity index (χ0) is 19.1. The van der Waals surface area contributed by atoms with Gasteiger partial charge in [0.25, 0.3) is 0 Å². The van der Waals surface area contributed by atoms with Crippen molar-refractivity contribution in [2.24, 2.45) is 5.92 Å². The highest BCUT2D eigenvalue weighted by Gasteiger charge is 2.28. The number of benzene rings is 1. The van der Waals surface area contributed by atoms with Crippen molar-refractivity contribution >= 4 is 16.7 Å². The van der Waals surface area contributed by atoms with Gasteiger partial charge in [0.2, 0.25) is 0 Å². The van der Waals surface area contributed by atoms with E-state index >= 15 is 0 Å². The van der Waals surface area contributed by atoms with Gasteiger partial charge in [-0.2, -0.15) is 0 Å². The summed E-state index contributed by atoms with van der Waals surface area (Å²) in [5.74, 6) is 0.567. The molecule has 0 aliphatic carbocycles. The summed E-state index contributed by atoms with van der Waals surface area (Å²) in [6.45, 7) is 8.80. The fraction of sp³-hybridized carbons (Fsp3) is 0.625. The van der Waals surface area contributed by atoms with Crippen molar-refractivity contribution in [2.45, 2.75) is 71.8 Å². The Morgan fingerprint density at radius 2 is 1.63 bits per heavy atom. The van der Waals surface area contributed by atoms with Crippen LogP contribution in [0.5, 0.6) is 0 Å². The topological polar surface area (TPSA) is 25.2 Å². The van der Waals surface area contributed by atoms with E-state index in [9.17, 15) is 4.79 Å². The largest absolute Gasteiger partial charge is 0.338 e. The Balaban J connectivity index is 1.69. The second-order valence-electron chi connectivity index (χ2n) is 8.13. The van der Waals surface area contributed by atoms with Crippen LogP contribution in [0.3, 0.4) is 0 Å². The van der Waals surface area contributed by atoms with Gasteiger partial charge in [0, 0.05) is 23.4 Å². The van der Waals surface area contributed by atoms with Crippen LogP contribution in [-0.4, -0.2) is 34.9 Å².